The van der Waals surface area contributed by atoms with E-state index >= 15 is 0 Å². The minimum atomic E-state index is -0.247. The Morgan fingerprint density at radius 2 is 1.71 bits per heavy atom. The molecular weight excluding hydrogens is 267 g/mol. The first kappa shape index (κ1) is 16.0. The lowest BCUT2D eigenvalue weighted by Crippen LogP contribution is -3.16. The zero-order chi connectivity index (χ0) is 15.1. The molecule has 21 heavy (non-hydrogen) atoms. The van der Waals surface area contributed by atoms with Crippen molar-refractivity contribution in [3.8, 4) is 0 Å². The lowest BCUT2D eigenvalue weighted by atomic mass is 10.1. The van der Waals surface area contributed by atoms with E-state index in [1.807, 2.05) is 6.92 Å². The topological polar surface area (TPSA) is 33.5 Å². The number of benzene rings is 1. The summed E-state index contributed by atoms with van der Waals surface area (Å²) < 4.78 is 12.8. The summed E-state index contributed by atoms with van der Waals surface area (Å²) in [5, 5.41) is 2.97. The minimum Gasteiger partial charge on any atom is -0.347 e. The molecule has 1 aliphatic heterocycles. The molecule has 1 amide bonds. The van der Waals surface area contributed by atoms with Gasteiger partial charge in [-0.3, -0.25) is 4.79 Å². The predicted molar refractivity (Wildman–Crippen MR) is 81.5 cm³/mol. The third kappa shape index (κ3) is 5.12. The van der Waals surface area contributed by atoms with E-state index in [-0.39, 0.29) is 17.8 Å². The number of nitrogens with one attached hydrogen (secondary N) is 2. The van der Waals surface area contributed by atoms with Gasteiger partial charge < -0.3 is 10.2 Å². The number of rotatable bonds is 4. The maximum atomic E-state index is 12.8. The summed E-state index contributed by atoms with van der Waals surface area (Å²) in [5.41, 5.74) is 0.930. The molecule has 1 atom stereocenters. The van der Waals surface area contributed by atoms with E-state index in [0.29, 0.717) is 6.54 Å². The highest BCUT2D eigenvalue weighted by Gasteiger charge is 2.24. The van der Waals surface area contributed by atoms with Crippen molar-refractivity contribution in [3.05, 3.63) is 35.6 Å². The maximum absolute atomic E-state index is 12.8. The summed E-state index contributed by atoms with van der Waals surface area (Å²) in [6.45, 7) is 4.66. The van der Waals surface area contributed by atoms with E-state index in [1.165, 1.54) is 49.1 Å². The quantitative estimate of drug-likeness (QED) is 0.870. The van der Waals surface area contributed by atoms with Crippen molar-refractivity contribution in [1.82, 2.24) is 5.32 Å². The van der Waals surface area contributed by atoms with Crippen LogP contribution in [0.3, 0.4) is 0 Å². The fourth-order valence-electron chi connectivity index (χ4n) is 2.92. The van der Waals surface area contributed by atoms with Gasteiger partial charge in [-0.25, -0.2) is 4.39 Å². The Labute approximate surface area is 126 Å². The molecule has 1 heterocycles. The highest BCUT2D eigenvalue weighted by atomic mass is 19.1. The van der Waals surface area contributed by atoms with Gasteiger partial charge in [0.15, 0.2) is 6.04 Å². The first-order chi connectivity index (χ1) is 10.2. The van der Waals surface area contributed by atoms with Gasteiger partial charge in [0.25, 0.3) is 5.91 Å². The van der Waals surface area contributed by atoms with E-state index in [0.717, 1.165) is 18.7 Å². The van der Waals surface area contributed by atoms with Gasteiger partial charge in [-0.2, -0.15) is 0 Å². The molecule has 0 spiro atoms. The molecule has 2 N–H and O–H groups in total. The molecule has 2 rings (SSSR count). The van der Waals surface area contributed by atoms with Crippen LogP contribution >= 0.6 is 0 Å². The number of halogens is 1. The molecule has 1 aliphatic rings. The Balaban J connectivity index is 1.82. The molecule has 1 fully saturated rings. The van der Waals surface area contributed by atoms with Crippen LogP contribution in [0.5, 0.6) is 0 Å². The van der Waals surface area contributed by atoms with Crippen LogP contribution in [0.25, 0.3) is 0 Å². The summed E-state index contributed by atoms with van der Waals surface area (Å²) in [4.78, 5) is 13.7. The molecule has 0 aromatic heterocycles. The van der Waals surface area contributed by atoms with Gasteiger partial charge >= 0.3 is 0 Å². The van der Waals surface area contributed by atoms with E-state index in [1.54, 1.807) is 12.1 Å². The van der Waals surface area contributed by atoms with Crippen molar-refractivity contribution >= 4 is 5.91 Å². The SMILES string of the molecule is C[C@@H](C(=O)NCc1ccc(F)cc1)[NH+]1CCCCCCC1. The van der Waals surface area contributed by atoms with Gasteiger partial charge in [-0.15, -0.1) is 0 Å². The highest BCUT2D eigenvalue weighted by Crippen LogP contribution is 2.04. The fraction of sp³-hybridized carbons (Fsp3) is 0.588. The van der Waals surface area contributed by atoms with Crippen LogP contribution < -0.4 is 10.2 Å². The second-order valence-electron chi connectivity index (χ2n) is 5.99. The maximum Gasteiger partial charge on any atom is 0.278 e. The molecule has 116 valence electrons. The van der Waals surface area contributed by atoms with Crippen LogP contribution in [0, 0.1) is 5.82 Å². The van der Waals surface area contributed by atoms with Crippen LogP contribution in [0.1, 0.15) is 44.6 Å². The first-order valence-corrected chi connectivity index (χ1v) is 8.03. The molecule has 0 saturated carbocycles. The number of hydrogen-bond acceptors (Lipinski definition) is 1. The lowest BCUT2D eigenvalue weighted by molar-refractivity contribution is -0.915. The standard InChI is InChI=1S/C17H25FN2O/c1-14(20-11-5-3-2-4-6-12-20)17(21)19-13-15-7-9-16(18)10-8-15/h7-10,14H,2-6,11-13H2,1H3,(H,19,21)/p+1/t14-/m0/s1. The zero-order valence-electron chi connectivity index (χ0n) is 12.8. The molecule has 3 nitrogen and oxygen atoms in total. The van der Waals surface area contributed by atoms with E-state index < -0.39 is 0 Å². The Bertz CT molecular complexity index is 439. The second-order valence-corrected chi connectivity index (χ2v) is 5.99. The zero-order valence-corrected chi connectivity index (χ0v) is 12.8. The van der Waals surface area contributed by atoms with Crippen LogP contribution in [0.4, 0.5) is 4.39 Å². The number of likely N-dealkylation sites (tertiary alicyclic amines) is 1. The third-order valence-corrected chi connectivity index (χ3v) is 4.38. The lowest BCUT2D eigenvalue weighted by Gasteiger charge is -2.26. The van der Waals surface area contributed by atoms with Crippen LogP contribution in [0.15, 0.2) is 24.3 Å². The normalized spacial score (nSPS) is 18.6. The van der Waals surface area contributed by atoms with E-state index in [2.05, 4.69) is 5.32 Å². The van der Waals surface area contributed by atoms with Crippen molar-refractivity contribution in [2.75, 3.05) is 13.1 Å². The fourth-order valence-corrected chi connectivity index (χ4v) is 2.92. The third-order valence-electron chi connectivity index (χ3n) is 4.38. The minimum absolute atomic E-state index is 0.0106. The molecule has 0 radical (unpaired) electrons. The average molecular weight is 293 g/mol. The number of carbonyl (C=O) groups excluding carboxylic acids is 1. The van der Waals surface area contributed by atoms with E-state index in [9.17, 15) is 9.18 Å². The smallest absolute Gasteiger partial charge is 0.278 e. The Morgan fingerprint density at radius 1 is 1.14 bits per heavy atom. The predicted octanol–water partition coefficient (Wildman–Crippen LogP) is 1.68. The highest BCUT2D eigenvalue weighted by molar-refractivity contribution is 5.79. The number of hydrogen-bond donors (Lipinski definition) is 2. The monoisotopic (exact) mass is 293 g/mol. The number of amides is 1. The number of quaternary nitrogens is 1. The molecule has 4 heteroatoms. The summed E-state index contributed by atoms with van der Waals surface area (Å²) in [6, 6.07) is 6.26. The van der Waals surface area contributed by atoms with E-state index in [4.69, 9.17) is 0 Å². The van der Waals surface area contributed by atoms with Gasteiger partial charge in [0, 0.05) is 6.54 Å². The van der Waals surface area contributed by atoms with Crippen molar-refractivity contribution in [2.24, 2.45) is 0 Å². The molecule has 1 aromatic rings. The largest absolute Gasteiger partial charge is 0.347 e. The molecule has 1 aromatic carbocycles. The average Bonchev–Trinajstić information content (AvgIpc) is 2.45. The van der Waals surface area contributed by atoms with Gasteiger partial charge in [0.05, 0.1) is 13.1 Å². The summed E-state index contributed by atoms with van der Waals surface area (Å²) in [7, 11) is 0. The van der Waals surface area contributed by atoms with Crippen LogP contribution in [0.2, 0.25) is 0 Å². The molecular formula is C17H26FN2O+. The summed E-state index contributed by atoms with van der Waals surface area (Å²) >= 11 is 0. The van der Waals surface area contributed by atoms with Crippen molar-refractivity contribution in [2.45, 2.75) is 51.6 Å². The molecule has 0 bridgehead atoms. The Kier molecular flexibility index (Phi) is 6.18. The summed E-state index contributed by atoms with van der Waals surface area (Å²) in [5.74, 6) is -0.154. The number of carbonyl (C=O) groups is 1. The van der Waals surface area contributed by atoms with Crippen LogP contribution in [-0.4, -0.2) is 25.0 Å². The van der Waals surface area contributed by atoms with Gasteiger partial charge in [-0.05, 0) is 50.3 Å². The molecule has 1 saturated heterocycles. The Morgan fingerprint density at radius 3 is 2.33 bits per heavy atom. The first-order valence-electron chi connectivity index (χ1n) is 8.03. The van der Waals surface area contributed by atoms with Crippen molar-refractivity contribution in [1.29, 1.82) is 0 Å². The molecule has 0 unspecified atom stereocenters. The van der Waals surface area contributed by atoms with Crippen LogP contribution in [-0.2, 0) is 11.3 Å². The molecule has 0 aliphatic carbocycles. The summed E-state index contributed by atoms with van der Waals surface area (Å²) in [6.07, 6.45) is 6.33. The van der Waals surface area contributed by atoms with Crippen molar-refractivity contribution in [3.63, 3.8) is 0 Å². The van der Waals surface area contributed by atoms with Gasteiger partial charge in [0.2, 0.25) is 0 Å². The van der Waals surface area contributed by atoms with Crippen molar-refractivity contribution < 1.29 is 14.1 Å². The second kappa shape index (κ2) is 8.13. The van der Waals surface area contributed by atoms with Gasteiger partial charge in [0.1, 0.15) is 5.82 Å². The Hall–Kier alpha value is -1.42. The van der Waals surface area contributed by atoms with Gasteiger partial charge in [-0.1, -0.05) is 18.6 Å².